The zero-order valence-electron chi connectivity index (χ0n) is 13.6. The maximum Gasteiger partial charge on any atom is 0.354 e. The number of hydrogen-bond donors (Lipinski definition) is 0. The summed E-state index contributed by atoms with van der Waals surface area (Å²) in [6, 6.07) is 5.71. The number of ether oxygens (including phenoxy) is 1. The third-order valence-corrected chi connectivity index (χ3v) is 3.61. The van der Waals surface area contributed by atoms with Crippen LogP contribution in [0.1, 0.15) is 36.7 Å². The van der Waals surface area contributed by atoms with E-state index in [2.05, 4.69) is 18.8 Å². The van der Waals surface area contributed by atoms with Crippen LogP contribution in [0.2, 0.25) is 0 Å². The van der Waals surface area contributed by atoms with Gasteiger partial charge in [-0.05, 0) is 35.0 Å². The molecule has 7 heteroatoms. The molecular weight excluding hydrogens is 298 g/mol. The van der Waals surface area contributed by atoms with E-state index >= 15 is 0 Å². The van der Waals surface area contributed by atoms with Crippen molar-refractivity contribution >= 4 is 11.8 Å². The molecule has 0 aliphatic carbocycles. The van der Waals surface area contributed by atoms with Crippen LogP contribution in [-0.2, 0) is 11.3 Å². The monoisotopic (exact) mass is 317 g/mol. The summed E-state index contributed by atoms with van der Waals surface area (Å²) in [6.07, 6.45) is 1.13. The number of nitrogens with zero attached hydrogens (tertiary/aromatic N) is 3. The third kappa shape index (κ3) is 3.74. The van der Waals surface area contributed by atoms with Gasteiger partial charge in [0.2, 0.25) is 0 Å². The van der Waals surface area contributed by atoms with Crippen molar-refractivity contribution < 1.29 is 14.5 Å². The number of hydrogen-bond acceptors (Lipinski definition) is 5. The van der Waals surface area contributed by atoms with Gasteiger partial charge in [-0.2, -0.15) is 4.57 Å². The van der Waals surface area contributed by atoms with E-state index in [0.29, 0.717) is 17.5 Å². The van der Waals surface area contributed by atoms with Crippen molar-refractivity contribution in [2.75, 3.05) is 0 Å². The molecule has 0 spiro atoms. The van der Waals surface area contributed by atoms with Crippen molar-refractivity contribution in [1.29, 1.82) is 0 Å². The predicted molar refractivity (Wildman–Crippen MR) is 84.5 cm³/mol. The van der Waals surface area contributed by atoms with Gasteiger partial charge in [0.1, 0.15) is 11.9 Å². The van der Waals surface area contributed by atoms with Crippen molar-refractivity contribution in [3.05, 3.63) is 51.5 Å². The van der Waals surface area contributed by atoms with Crippen LogP contribution < -0.4 is 4.74 Å². The third-order valence-electron chi connectivity index (χ3n) is 3.61. The highest BCUT2D eigenvalue weighted by Gasteiger charge is 2.21. The normalized spacial score (nSPS) is 10.8. The summed E-state index contributed by atoms with van der Waals surface area (Å²) in [7, 11) is 0. The smallest absolute Gasteiger partial charge is 0.354 e. The van der Waals surface area contributed by atoms with Gasteiger partial charge < -0.3 is 14.9 Å². The number of carbonyl (C=O) groups excluding carboxylic acids is 1. The van der Waals surface area contributed by atoms with Gasteiger partial charge in [-0.3, -0.25) is 0 Å². The first-order chi connectivity index (χ1) is 10.8. The highest BCUT2D eigenvalue weighted by Crippen LogP contribution is 2.24. The number of nitro groups is 1. The molecule has 0 saturated heterocycles. The van der Waals surface area contributed by atoms with Gasteiger partial charge in [-0.1, -0.05) is 26.0 Å². The Labute approximate surface area is 134 Å². The van der Waals surface area contributed by atoms with E-state index < -0.39 is 10.9 Å². The highest BCUT2D eigenvalue weighted by atomic mass is 16.6. The molecule has 23 heavy (non-hydrogen) atoms. The molecule has 0 saturated carbocycles. The maximum atomic E-state index is 12.1. The maximum absolute atomic E-state index is 12.1. The van der Waals surface area contributed by atoms with Crippen LogP contribution in [-0.4, -0.2) is 20.4 Å². The topological polar surface area (TPSA) is 87.3 Å². The van der Waals surface area contributed by atoms with Crippen molar-refractivity contribution in [2.24, 2.45) is 0 Å². The molecule has 0 atom stereocenters. The van der Waals surface area contributed by atoms with Gasteiger partial charge >= 0.3 is 11.8 Å². The van der Waals surface area contributed by atoms with Gasteiger partial charge in [-0.15, -0.1) is 0 Å². The number of rotatable bonds is 5. The number of aromatic nitrogens is 2. The Bertz CT molecular complexity index is 750. The van der Waals surface area contributed by atoms with Crippen LogP contribution in [0.15, 0.2) is 24.4 Å². The molecule has 122 valence electrons. The van der Waals surface area contributed by atoms with Gasteiger partial charge in [0.15, 0.2) is 12.4 Å². The molecule has 0 bridgehead atoms. The van der Waals surface area contributed by atoms with E-state index in [4.69, 9.17) is 4.74 Å². The van der Waals surface area contributed by atoms with E-state index in [1.807, 2.05) is 25.1 Å². The number of aryl methyl sites for hydroxylation is 2. The average molecular weight is 317 g/mol. The fraction of sp³-hybridized carbons (Fsp3) is 0.375. The molecular formula is C16H19N3O4. The Morgan fingerprint density at radius 3 is 2.70 bits per heavy atom. The molecule has 0 unspecified atom stereocenters. The molecule has 0 aliphatic rings. The van der Waals surface area contributed by atoms with Crippen molar-refractivity contribution in [1.82, 2.24) is 9.55 Å². The first kappa shape index (κ1) is 16.7. The Morgan fingerprint density at radius 1 is 1.39 bits per heavy atom. The lowest BCUT2D eigenvalue weighted by molar-refractivity contribution is -0.392. The second-order valence-electron chi connectivity index (χ2n) is 5.66. The lowest BCUT2D eigenvalue weighted by Gasteiger charge is -2.11. The first-order valence-electron chi connectivity index (χ1n) is 7.27. The van der Waals surface area contributed by atoms with Crippen LogP contribution in [0.25, 0.3) is 0 Å². The Balaban J connectivity index is 2.19. The minimum atomic E-state index is -0.572. The van der Waals surface area contributed by atoms with E-state index in [0.717, 1.165) is 17.3 Å². The van der Waals surface area contributed by atoms with Crippen molar-refractivity contribution in [3.8, 4) is 5.75 Å². The minimum Gasteiger partial charge on any atom is -0.423 e. The lowest BCUT2D eigenvalue weighted by atomic mass is 10.0. The van der Waals surface area contributed by atoms with Crippen molar-refractivity contribution in [2.45, 2.75) is 40.2 Å². The molecule has 0 radical (unpaired) electrons. The highest BCUT2D eigenvalue weighted by molar-refractivity contribution is 5.73. The van der Waals surface area contributed by atoms with E-state index in [1.165, 1.54) is 4.57 Å². The largest absolute Gasteiger partial charge is 0.423 e. The average Bonchev–Trinajstić information content (AvgIpc) is 2.82. The molecule has 0 N–H and O–H groups in total. The fourth-order valence-corrected chi connectivity index (χ4v) is 2.17. The molecule has 7 nitrogen and oxygen atoms in total. The molecule has 1 heterocycles. The molecule has 1 aromatic heterocycles. The lowest BCUT2D eigenvalue weighted by Crippen LogP contribution is -2.19. The van der Waals surface area contributed by atoms with E-state index in [1.54, 1.807) is 6.92 Å². The number of carbonyl (C=O) groups is 1. The summed E-state index contributed by atoms with van der Waals surface area (Å²) in [4.78, 5) is 26.4. The van der Waals surface area contributed by atoms with Crippen molar-refractivity contribution in [3.63, 3.8) is 0 Å². The van der Waals surface area contributed by atoms with Crippen LogP contribution in [0.3, 0.4) is 0 Å². The van der Waals surface area contributed by atoms with Gasteiger partial charge in [-0.25, -0.2) is 9.78 Å². The minimum absolute atomic E-state index is 0.230. The van der Waals surface area contributed by atoms with E-state index in [9.17, 15) is 14.9 Å². The van der Waals surface area contributed by atoms with Crippen LogP contribution in [0, 0.1) is 24.0 Å². The summed E-state index contributed by atoms with van der Waals surface area (Å²) >= 11 is 0. The summed E-state index contributed by atoms with van der Waals surface area (Å²) in [6.45, 7) is 7.29. The van der Waals surface area contributed by atoms with Gasteiger partial charge in [0, 0.05) is 6.92 Å². The Hall–Kier alpha value is -2.70. The van der Waals surface area contributed by atoms with Crippen LogP contribution >= 0.6 is 0 Å². The Kier molecular flexibility index (Phi) is 4.78. The Morgan fingerprint density at radius 2 is 2.09 bits per heavy atom. The van der Waals surface area contributed by atoms with Crippen LogP contribution in [0.5, 0.6) is 5.75 Å². The SMILES string of the molecule is Cc1ccc(C(C)C)cc1OC(=O)Cn1c([N+](=O)[O-])cnc1C. The first-order valence-corrected chi connectivity index (χ1v) is 7.27. The molecule has 0 fully saturated rings. The summed E-state index contributed by atoms with van der Waals surface area (Å²) < 4.78 is 6.62. The standard InChI is InChI=1S/C16H19N3O4/c1-10(2)13-6-5-11(3)14(7-13)23-16(20)9-18-12(4)17-8-15(18)19(21)22/h5-8,10H,9H2,1-4H3. The zero-order chi connectivity index (χ0) is 17.1. The second-order valence-corrected chi connectivity index (χ2v) is 5.66. The number of imidazole rings is 1. The summed E-state index contributed by atoms with van der Waals surface area (Å²) in [5.41, 5.74) is 1.89. The second kappa shape index (κ2) is 6.60. The molecule has 0 amide bonds. The number of esters is 1. The summed E-state index contributed by atoms with van der Waals surface area (Å²) in [5, 5.41) is 10.9. The summed E-state index contributed by atoms with van der Waals surface area (Å²) in [5.74, 6) is 0.373. The molecule has 1 aromatic carbocycles. The predicted octanol–water partition coefficient (Wildman–Crippen LogP) is 3.14. The fourth-order valence-electron chi connectivity index (χ4n) is 2.17. The molecule has 2 aromatic rings. The van der Waals surface area contributed by atoms with Gasteiger partial charge in [0.05, 0.1) is 0 Å². The van der Waals surface area contributed by atoms with Crippen LogP contribution in [0.4, 0.5) is 5.82 Å². The van der Waals surface area contributed by atoms with E-state index in [-0.39, 0.29) is 12.4 Å². The van der Waals surface area contributed by atoms with Gasteiger partial charge in [0.25, 0.3) is 0 Å². The zero-order valence-corrected chi connectivity index (χ0v) is 13.6. The molecule has 0 aliphatic heterocycles. The molecule has 2 rings (SSSR count). The quantitative estimate of drug-likeness (QED) is 0.366. The number of benzene rings is 1.